The summed E-state index contributed by atoms with van der Waals surface area (Å²) in [5.74, 6) is 0.361. The number of fused-ring (bicyclic) bond motifs is 1. The SMILES string of the molecule is C[C@@H](Oc1cccc2ccccc12)C(=O)Nc1cc(Cl)ccc1Cl. The minimum absolute atomic E-state index is 0.299. The van der Waals surface area contributed by atoms with Crippen LogP contribution in [-0.4, -0.2) is 12.0 Å². The number of hydrogen-bond acceptors (Lipinski definition) is 2. The highest BCUT2D eigenvalue weighted by Gasteiger charge is 2.17. The second kappa shape index (κ2) is 7.12. The molecule has 3 aromatic rings. The number of carbonyl (C=O) groups is 1. The van der Waals surface area contributed by atoms with Crippen LogP contribution in [0.1, 0.15) is 6.92 Å². The number of halogens is 2. The Morgan fingerprint density at radius 3 is 2.62 bits per heavy atom. The van der Waals surface area contributed by atoms with E-state index in [0.29, 0.717) is 21.5 Å². The largest absolute Gasteiger partial charge is 0.480 e. The Labute approximate surface area is 150 Å². The van der Waals surface area contributed by atoms with Gasteiger partial charge in [0.1, 0.15) is 5.75 Å². The van der Waals surface area contributed by atoms with Crippen molar-refractivity contribution in [3.05, 3.63) is 70.7 Å². The maximum atomic E-state index is 12.4. The average molecular weight is 360 g/mol. The lowest BCUT2D eigenvalue weighted by Crippen LogP contribution is -2.30. The molecule has 0 unspecified atom stereocenters. The summed E-state index contributed by atoms with van der Waals surface area (Å²) in [4.78, 5) is 12.4. The van der Waals surface area contributed by atoms with Gasteiger partial charge in [0.2, 0.25) is 0 Å². The van der Waals surface area contributed by atoms with Crippen molar-refractivity contribution in [2.24, 2.45) is 0 Å². The van der Waals surface area contributed by atoms with Crippen molar-refractivity contribution < 1.29 is 9.53 Å². The molecule has 3 nitrogen and oxygen atoms in total. The normalized spacial score (nSPS) is 12.0. The summed E-state index contributed by atoms with van der Waals surface area (Å²) in [5.41, 5.74) is 0.461. The third-order valence-corrected chi connectivity index (χ3v) is 4.17. The molecule has 1 amide bonds. The van der Waals surface area contributed by atoms with E-state index in [1.165, 1.54) is 0 Å². The van der Waals surface area contributed by atoms with E-state index in [-0.39, 0.29) is 5.91 Å². The molecule has 0 spiro atoms. The van der Waals surface area contributed by atoms with Crippen molar-refractivity contribution in [3.8, 4) is 5.75 Å². The van der Waals surface area contributed by atoms with E-state index in [4.69, 9.17) is 27.9 Å². The third-order valence-electron chi connectivity index (χ3n) is 3.61. The number of amides is 1. The van der Waals surface area contributed by atoms with Gasteiger partial charge in [-0.3, -0.25) is 4.79 Å². The minimum Gasteiger partial charge on any atom is -0.480 e. The topological polar surface area (TPSA) is 38.3 Å². The quantitative estimate of drug-likeness (QED) is 0.662. The lowest BCUT2D eigenvalue weighted by atomic mass is 10.1. The van der Waals surface area contributed by atoms with Crippen molar-refractivity contribution in [1.82, 2.24) is 0 Å². The number of rotatable bonds is 4. The van der Waals surface area contributed by atoms with Crippen molar-refractivity contribution in [3.63, 3.8) is 0 Å². The molecule has 5 heteroatoms. The van der Waals surface area contributed by atoms with Crippen LogP contribution in [0.15, 0.2) is 60.7 Å². The zero-order valence-electron chi connectivity index (χ0n) is 12.9. The smallest absolute Gasteiger partial charge is 0.265 e. The summed E-state index contributed by atoms with van der Waals surface area (Å²) in [5, 5.41) is 5.67. The Balaban J connectivity index is 1.77. The summed E-state index contributed by atoms with van der Waals surface area (Å²) in [6, 6.07) is 18.5. The van der Waals surface area contributed by atoms with Gasteiger partial charge in [-0.05, 0) is 36.6 Å². The molecule has 0 aliphatic rings. The Hall–Kier alpha value is -2.23. The Bertz CT molecular complexity index is 890. The van der Waals surface area contributed by atoms with Gasteiger partial charge < -0.3 is 10.1 Å². The molecule has 0 bridgehead atoms. The summed E-state index contributed by atoms with van der Waals surface area (Å²) in [6.07, 6.45) is -0.689. The third kappa shape index (κ3) is 3.64. The van der Waals surface area contributed by atoms with Gasteiger partial charge in [0.05, 0.1) is 10.7 Å². The number of hydrogen-bond donors (Lipinski definition) is 1. The van der Waals surface area contributed by atoms with Gasteiger partial charge in [-0.1, -0.05) is 59.6 Å². The number of benzene rings is 3. The van der Waals surface area contributed by atoms with Crippen LogP contribution in [0, 0.1) is 0 Å². The van der Waals surface area contributed by atoms with E-state index >= 15 is 0 Å². The van der Waals surface area contributed by atoms with E-state index in [2.05, 4.69) is 5.32 Å². The van der Waals surface area contributed by atoms with Gasteiger partial charge in [0.15, 0.2) is 6.10 Å². The molecule has 122 valence electrons. The maximum Gasteiger partial charge on any atom is 0.265 e. The fourth-order valence-electron chi connectivity index (χ4n) is 2.37. The molecule has 24 heavy (non-hydrogen) atoms. The molecule has 3 aromatic carbocycles. The highest BCUT2D eigenvalue weighted by Crippen LogP contribution is 2.28. The van der Waals surface area contributed by atoms with Crippen molar-refractivity contribution in [2.75, 3.05) is 5.32 Å². The lowest BCUT2D eigenvalue weighted by molar-refractivity contribution is -0.122. The summed E-state index contributed by atoms with van der Waals surface area (Å²) in [6.45, 7) is 1.69. The second-order valence-corrected chi connectivity index (χ2v) is 6.19. The molecule has 0 saturated carbocycles. The first-order chi connectivity index (χ1) is 11.5. The number of anilines is 1. The molecule has 1 atom stereocenters. The van der Waals surface area contributed by atoms with E-state index in [1.54, 1.807) is 25.1 Å². The van der Waals surface area contributed by atoms with Crippen LogP contribution >= 0.6 is 23.2 Å². The van der Waals surface area contributed by atoms with Crippen LogP contribution in [0.5, 0.6) is 5.75 Å². The van der Waals surface area contributed by atoms with Gasteiger partial charge in [-0.15, -0.1) is 0 Å². The summed E-state index contributed by atoms with van der Waals surface area (Å²) < 4.78 is 5.84. The van der Waals surface area contributed by atoms with Crippen LogP contribution in [0.25, 0.3) is 10.8 Å². The zero-order chi connectivity index (χ0) is 17.1. The second-order valence-electron chi connectivity index (χ2n) is 5.35. The highest BCUT2D eigenvalue weighted by atomic mass is 35.5. The molecule has 0 aliphatic heterocycles. The van der Waals surface area contributed by atoms with Gasteiger partial charge in [0, 0.05) is 10.4 Å². The first-order valence-corrected chi connectivity index (χ1v) is 8.20. The van der Waals surface area contributed by atoms with Crippen molar-refractivity contribution >= 4 is 45.6 Å². The van der Waals surface area contributed by atoms with Gasteiger partial charge in [0.25, 0.3) is 5.91 Å². The predicted octanol–water partition coefficient (Wildman–Crippen LogP) is 5.55. The number of ether oxygens (including phenoxy) is 1. The molecule has 0 saturated heterocycles. The number of nitrogens with one attached hydrogen (secondary N) is 1. The molecule has 1 N–H and O–H groups in total. The molecule has 0 aromatic heterocycles. The van der Waals surface area contributed by atoms with Gasteiger partial charge in [-0.25, -0.2) is 0 Å². The Morgan fingerprint density at radius 2 is 1.79 bits per heavy atom. The molecule has 0 heterocycles. The minimum atomic E-state index is -0.689. The average Bonchev–Trinajstić information content (AvgIpc) is 2.58. The van der Waals surface area contributed by atoms with Crippen LogP contribution in [-0.2, 0) is 4.79 Å². The van der Waals surface area contributed by atoms with Crippen molar-refractivity contribution in [2.45, 2.75) is 13.0 Å². The van der Waals surface area contributed by atoms with E-state index in [1.807, 2.05) is 42.5 Å². The van der Waals surface area contributed by atoms with Gasteiger partial charge in [-0.2, -0.15) is 0 Å². The first kappa shape index (κ1) is 16.6. The van der Waals surface area contributed by atoms with E-state index in [9.17, 15) is 4.79 Å². The summed E-state index contributed by atoms with van der Waals surface area (Å²) >= 11 is 12.0. The highest BCUT2D eigenvalue weighted by molar-refractivity contribution is 6.35. The number of carbonyl (C=O) groups excluding carboxylic acids is 1. The van der Waals surface area contributed by atoms with Crippen LogP contribution in [0.2, 0.25) is 10.0 Å². The summed E-state index contributed by atoms with van der Waals surface area (Å²) in [7, 11) is 0. The molecular formula is C19H15Cl2NO2. The van der Waals surface area contributed by atoms with Gasteiger partial charge >= 0.3 is 0 Å². The van der Waals surface area contributed by atoms with Crippen LogP contribution in [0.3, 0.4) is 0 Å². The molecule has 0 aliphatic carbocycles. The van der Waals surface area contributed by atoms with E-state index in [0.717, 1.165) is 10.8 Å². The Kier molecular flexibility index (Phi) is 4.93. The first-order valence-electron chi connectivity index (χ1n) is 7.45. The zero-order valence-corrected chi connectivity index (χ0v) is 14.4. The van der Waals surface area contributed by atoms with Crippen LogP contribution in [0.4, 0.5) is 5.69 Å². The van der Waals surface area contributed by atoms with Crippen LogP contribution < -0.4 is 10.1 Å². The monoisotopic (exact) mass is 359 g/mol. The Morgan fingerprint density at radius 1 is 1.04 bits per heavy atom. The standard InChI is InChI=1S/C19H15Cl2NO2/c1-12(19(23)22-17-11-14(20)9-10-16(17)21)24-18-8-4-6-13-5-2-3-7-15(13)18/h2-12H,1H3,(H,22,23)/t12-/m1/s1. The molecular weight excluding hydrogens is 345 g/mol. The molecule has 3 rings (SSSR count). The molecule has 0 radical (unpaired) electrons. The maximum absolute atomic E-state index is 12.4. The fourth-order valence-corrected chi connectivity index (χ4v) is 2.71. The molecule has 0 fully saturated rings. The lowest BCUT2D eigenvalue weighted by Gasteiger charge is -2.17. The van der Waals surface area contributed by atoms with E-state index < -0.39 is 6.10 Å². The fraction of sp³-hybridized carbons (Fsp3) is 0.105. The predicted molar refractivity (Wildman–Crippen MR) is 99.1 cm³/mol. The van der Waals surface area contributed by atoms with Crippen molar-refractivity contribution in [1.29, 1.82) is 0 Å².